The lowest BCUT2D eigenvalue weighted by molar-refractivity contribution is -0.136. The predicted molar refractivity (Wildman–Crippen MR) is 84.3 cm³/mol. The van der Waals surface area contributed by atoms with Gasteiger partial charge in [-0.2, -0.15) is 5.10 Å². The molecule has 0 aliphatic rings. The number of ether oxygens (including phenoxy) is 2. The van der Waals surface area contributed by atoms with Gasteiger partial charge in [-0.15, -0.1) is 0 Å². The number of amides is 2. The highest BCUT2D eigenvalue weighted by Crippen LogP contribution is 2.28. The van der Waals surface area contributed by atoms with Crippen LogP contribution in [0.3, 0.4) is 0 Å². The summed E-state index contributed by atoms with van der Waals surface area (Å²) in [6.07, 6.45) is 1.43. The number of rotatable bonds is 6. The lowest BCUT2D eigenvalue weighted by Gasteiger charge is -2.11. The summed E-state index contributed by atoms with van der Waals surface area (Å²) >= 11 is 0. The quantitative estimate of drug-likeness (QED) is 0.477. The van der Waals surface area contributed by atoms with Gasteiger partial charge in [0, 0.05) is 11.8 Å². The molecule has 0 aliphatic carbocycles. The highest BCUT2D eigenvalue weighted by Gasteiger charge is 2.16. The molecular weight excluding hydrogens is 286 g/mol. The van der Waals surface area contributed by atoms with Crippen molar-refractivity contribution in [3.05, 3.63) is 18.2 Å². The number of hydrazone groups is 1. The van der Waals surface area contributed by atoms with Crippen LogP contribution in [-0.2, 0) is 9.59 Å². The Kier molecular flexibility index (Phi) is 6.88. The van der Waals surface area contributed by atoms with Gasteiger partial charge in [0.05, 0.1) is 19.9 Å². The van der Waals surface area contributed by atoms with Gasteiger partial charge in [0.25, 0.3) is 0 Å². The highest BCUT2D eigenvalue weighted by atomic mass is 16.5. The summed E-state index contributed by atoms with van der Waals surface area (Å²) in [7, 11) is 2.99. The Balaban J connectivity index is 2.76. The SMILES string of the molecule is CCC(CC)=NNC(=O)C(=O)Nc1ccc(OC)cc1OC. The standard InChI is InChI=1S/C15H21N3O4/c1-5-10(6-2)17-18-15(20)14(19)16-12-8-7-11(21-3)9-13(12)22-4/h7-9H,5-6H2,1-4H3,(H,16,19)(H,18,20). The molecule has 0 saturated carbocycles. The highest BCUT2D eigenvalue weighted by molar-refractivity contribution is 6.39. The van der Waals surface area contributed by atoms with E-state index in [-0.39, 0.29) is 0 Å². The lowest BCUT2D eigenvalue weighted by Crippen LogP contribution is -2.33. The van der Waals surface area contributed by atoms with E-state index in [4.69, 9.17) is 9.47 Å². The third kappa shape index (κ3) is 4.76. The maximum atomic E-state index is 11.8. The predicted octanol–water partition coefficient (Wildman–Crippen LogP) is 1.93. The lowest BCUT2D eigenvalue weighted by atomic mass is 10.2. The first-order valence-electron chi connectivity index (χ1n) is 6.94. The topological polar surface area (TPSA) is 89.0 Å². The van der Waals surface area contributed by atoms with E-state index in [1.54, 1.807) is 18.2 Å². The van der Waals surface area contributed by atoms with Crippen molar-refractivity contribution in [3.63, 3.8) is 0 Å². The molecule has 0 bridgehead atoms. The van der Waals surface area contributed by atoms with Gasteiger partial charge in [-0.25, -0.2) is 5.43 Å². The van der Waals surface area contributed by atoms with Crippen LogP contribution in [0.25, 0.3) is 0 Å². The minimum Gasteiger partial charge on any atom is -0.497 e. The molecule has 0 heterocycles. The molecule has 1 aromatic rings. The fourth-order valence-electron chi connectivity index (χ4n) is 1.67. The minimum atomic E-state index is -0.836. The average Bonchev–Trinajstić information content (AvgIpc) is 2.55. The van der Waals surface area contributed by atoms with Crippen molar-refractivity contribution >= 4 is 23.2 Å². The van der Waals surface area contributed by atoms with Crippen LogP contribution in [0.5, 0.6) is 11.5 Å². The molecular formula is C15H21N3O4. The molecule has 0 saturated heterocycles. The maximum Gasteiger partial charge on any atom is 0.329 e. The zero-order valence-electron chi connectivity index (χ0n) is 13.2. The van der Waals surface area contributed by atoms with Crippen molar-refractivity contribution in [2.75, 3.05) is 19.5 Å². The van der Waals surface area contributed by atoms with Crippen LogP contribution in [0.4, 0.5) is 5.69 Å². The van der Waals surface area contributed by atoms with Crippen molar-refractivity contribution in [2.24, 2.45) is 5.10 Å². The number of anilines is 1. The number of hydrogen-bond acceptors (Lipinski definition) is 5. The molecule has 0 radical (unpaired) electrons. The summed E-state index contributed by atoms with van der Waals surface area (Å²) in [6, 6.07) is 4.86. The van der Waals surface area contributed by atoms with E-state index >= 15 is 0 Å². The van der Waals surface area contributed by atoms with Gasteiger partial charge in [-0.3, -0.25) is 9.59 Å². The fourth-order valence-corrected chi connectivity index (χ4v) is 1.67. The Labute approximate surface area is 129 Å². The molecule has 7 heteroatoms. The number of hydrogen-bond donors (Lipinski definition) is 2. The normalized spacial score (nSPS) is 9.64. The van der Waals surface area contributed by atoms with E-state index in [2.05, 4.69) is 15.8 Å². The van der Waals surface area contributed by atoms with E-state index in [9.17, 15) is 9.59 Å². The molecule has 1 rings (SSSR count). The molecule has 0 aromatic heterocycles. The summed E-state index contributed by atoms with van der Waals surface area (Å²) in [5, 5.41) is 6.37. The number of nitrogens with zero attached hydrogens (tertiary/aromatic N) is 1. The van der Waals surface area contributed by atoms with Crippen molar-refractivity contribution in [1.82, 2.24) is 5.43 Å². The molecule has 120 valence electrons. The fraction of sp³-hybridized carbons (Fsp3) is 0.400. The Hall–Kier alpha value is -2.57. The molecule has 22 heavy (non-hydrogen) atoms. The van der Waals surface area contributed by atoms with Crippen LogP contribution < -0.4 is 20.2 Å². The summed E-state index contributed by atoms with van der Waals surface area (Å²) < 4.78 is 10.2. The molecule has 2 N–H and O–H groups in total. The second-order valence-electron chi connectivity index (χ2n) is 4.35. The number of methoxy groups -OCH3 is 2. The molecule has 0 spiro atoms. The van der Waals surface area contributed by atoms with Gasteiger partial charge in [-0.1, -0.05) is 13.8 Å². The Morgan fingerprint density at radius 3 is 2.32 bits per heavy atom. The largest absolute Gasteiger partial charge is 0.497 e. The third-order valence-electron chi connectivity index (χ3n) is 2.99. The van der Waals surface area contributed by atoms with Crippen LogP contribution in [-0.4, -0.2) is 31.7 Å². The van der Waals surface area contributed by atoms with E-state index in [0.717, 1.165) is 5.71 Å². The van der Waals surface area contributed by atoms with Crippen LogP contribution in [0, 0.1) is 0 Å². The van der Waals surface area contributed by atoms with E-state index in [0.29, 0.717) is 30.0 Å². The van der Waals surface area contributed by atoms with Crippen LogP contribution in [0.15, 0.2) is 23.3 Å². The van der Waals surface area contributed by atoms with Gasteiger partial charge in [0.1, 0.15) is 11.5 Å². The van der Waals surface area contributed by atoms with Crippen molar-refractivity contribution in [1.29, 1.82) is 0 Å². The molecule has 7 nitrogen and oxygen atoms in total. The number of carbonyl (C=O) groups excluding carboxylic acids is 2. The zero-order valence-corrected chi connectivity index (χ0v) is 13.2. The number of carbonyl (C=O) groups is 2. The van der Waals surface area contributed by atoms with Crippen molar-refractivity contribution in [2.45, 2.75) is 26.7 Å². The summed E-state index contributed by atoms with van der Waals surface area (Å²) in [6.45, 7) is 3.85. The molecule has 0 aliphatic heterocycles. The third-order valence-corrected chi connectivity index (χ3v) is 2.99. The number of nitrogens with one attached hydrogen (secondary N) is 2. The molecule has 1 aromatic carbocycles. The number of benzene rings is 1. The second kappa shape index (κ2) is 8.66. The minimum absolute atomic E-state index is 0.374. The van der Waals surface area contributed by atoms with Crippen LogP contribution in [0.2, 0.25) is 0 Å². The molecule has 0 unspecified atom stereocenters. The Morgan fingerprint density at radius 2 is 1.77 bits per heavy atom. The van der Waals surface area contributed by atoms with Gasteiger partial charge in [-0.05, 0) is 25.0 Å². The first-order valence-corrected chi connectivity index (χ1v) is 6.94. The van der Waals surface area contributed by atoms with Gasteiger partial charge in [0.2, 0.25) is 0 Å². The van der Waals surface area contributed by atoms with Crippen LogP contribution in [0.1, 0.15) is 26.7 Å². The van der Waals surface area contributed by atoms with E-state index < -0.39 is 11.8 Å². The molecule has 0 atom stereocenters. The maximum absolute atomic E-state index is 11.8. The molecule has 2 amide bonds. The average molecular weight is 307 g/mol. The van der Waals surface area contributed by atoms with Gasteiger partial charge >= 0.3 is 11.8 Å². The van der Waals surface area contributed by atoms with Gasteiger partial charge < -0.3 is 14.8 Å². The Bertz CT molecular complexity index is 564. The Morgan fingerprint density at radius 1 is 1.09 bits per heavy atom. The zero-order chi connectivity index (χ0) is 16.5. The monoisotopic (exact) mass is 307 g/mol. The summed E-state index contributed by atoms with van der Waals surface area (Å²) in [5.41, 5.74) is 3.42. The first-order chi connectivity index (χ1) is 10.5. The van der Waals surface area contributed by atoms with Crippen molar-refractivity contribution < 1.29 is 19.1 Å². The smallest absolute Gasteiger partial charge is 0.329 e. The van der Waals surface area contributed by atoms with Crippen molar-refractivity contribution in [3.8, 4) is 11.5 Å². The summed E-state index contributed by atoms with van der Waals surface area (Å²) in [4.78, 5) is 23.6. The van der Waals surface area contributed by atoms with E-state index in [1.165, 1.54) is 14.2 Å². The first kappa shape index (κ1) is 17.5. The van der Waals surface area contributed by atoms with E-state index in [1.807, 2.05) is 13.8 Å². The second-order valence-corrected chi connectivity index (χ2v) is 4.35. The van der Waals surface area contributed by atoms with Crippen LogP contribution >= 0.6 is 0 Å². The van der Waals surface area contributed by atoms with Gasteiger partial charge in [0.15, 0.2) is 0 Å². The summed E-state index contributed by atoms with van der Waals surface area (Å²) in [5.74, 6) is -0.678. The molecule has 0 fully saturated rings.